The molecule has 66 heavy (non-hydrogen) atoms. The number of carbonyl (C=O) groups is 1. The minimum atomic E-state index is -4.63. The number of phosphoric ester groups is 1. The van der Waals surface area contributed by atoms with Gasteiger partial charge in [0.25, 0.3) is 7.82 Å². The lowest BCUT2D eigenvalue weighted by Gasteiger charge is -2.29. The normalized spacial score (nSPS) is 14.8. The summed E-state index contributed by atoms with van der Waals surface area (Å²) in [6.45, 7) is 4.45. The molecule has 0 saturated carbocycles. The van der Waals surface area contributed by atoms with Crippen molar-refractivity contribution in [1.82, 2.24) is 5.32 Å². The molecule has 0 heterocycles. The molecule has 0 aliphatic rings. The number of hydrogen-bond donors (Lipinski definition) is 2. The zero-order valence-corrected chi connectivity index (χ0v) is 44.0. The van der Waals surface area contributed by atoms with Crippen LogP contribution in [0.5, 0.6) is 0 Å². The number of amides is 1. The van der Waals surface area contributed by atoms with Crippen molar-refractivity contribution < 1.29 is 32.9 Å². The third-order valence-electron chi connectivity index (χ3n) is 11.3. The smallest absolute Gasteiger partial charge is 0.268 e. The Hall–Kier alpha value is -2.58. The number of nitrogens with one attached hydrogen (secondary N) is 1. The van der Waals surface area contributed by atoms with Crippen molar-refractivity contribution in [2.45, 2.75) is 219 Å². The molecule has 0 saturated heterocycles. The van der Waals surface area contributed by atoms with Crippen LogP contribution < -0.4 is 10.2 Å². The number of allylic oxidation sites excluding steroid dienone is 15. The quantitative estimate of drug-likeness (QED) is 0.0272. The van der Waals surface area contributed by atoms with E-state index in [1.807, 2.05) is 27.2 Å². The summed E-state index contributed by atoms with van der Waals surface area (Å²) in [5.41, 5.74) is 0. The monoisotopic (exact) mass is 941 g/mol. The van der Waals surface area contributed by atoms with Crippen LogP contribution in [0.4, 0.5) is 0 Å². The first-order valence-electron chi connectivity index (χ1n) is 26.6. The zero-order valence-electron chi connectivity index (χ0n) is 43.1. The van der Waals surface area contributed by atoms with Gasteiger partial charge in [-0.25, -0.2) is 0 Å². The Morgan fingerprint density at radius 2 is 0.939 bits per heavy atom. The van der Waals surface area contributed by atoms with Gasteiger partial charge in [0.1, 0.15) is 13.2 Å². The van der Waals surface area contributed by atoms with Crippen molar-refractivity contribution in [2.24, 2.45) is 0 Å². The van der Waals surface area contributed by atoms with E-state index in [4.69, 9.17) is 9.05 Å². The molecule has 3 unspecified atom stereocenters. The summed E-state index contributed by atoms with van der Waals surface area (Å²) < 4.78 is 23.2. The Morgan fingerprint density at radius 1 is 0.545 bits per heavy atom. The van der Waals surface area contributed by atoms with Crippen LogP contribution in [-0.2, 0) is 18.4 Å². The maximum atomic E-state index is 12.9. The number of aliphatic hydroxyl groups excluding tert-OH is 1. The molecular formula is C57H101N2O6P. The van der Waals surface area contributed by atoms with Crippen molar-refractivity contribution in [3.8, 4) is 0 Å². The molecule has 0 aromatic carbocycles. The number of carbonyl (C=O) groups excluding carboxylic acids is 1. The van der Waals surface area contributed by atoms with Gasteiger partial charge in [0.2, 0.25) is 5.91 Å². The van der Waals surface area contributed by atoms with Crippen LogP contribution in [0.15, 0.2) is 97.2 Å². The topological polar surface area (TPSA) is 108 Å². The predicted molar refractivity (Wildman–Crippen MR) is 283 cm³/mol. The average Bonchev–Trinajstić information content (AvgIpc) is 3.28. The summed E-state index contributed by atoms with van der Waals surface area (Å²) in [7, 11) is 1.18. The van der Waals surface area contributed by atoms with E-state index in [1.165, 1.54) is 116 Å². The largest absolute Gasteiger partial charge is 0.756 e. The molecule has 2 N–H and O–H groups in total. The number of phosphoric acid groups is 1. The first-order valence-corrected chi connectivity index (χ1v) is 28.1. The third-order valence-corrected chi connectivity index (χ3v) is 12.2. The van der Waals surface area contributed by atoms with Crippen LogP contribution >= 0.6 is 7.82 Å². The first kappa shape index (κ1) is 63.4. The van der Waals surface area contributed by atoms with Crippen molar-refractivity contribution in [3.05, 3.63) is 97.2 Å². The van der Waals surface area contributed by atoms with Gasteiger partial charge in [0.15, 0.2) is 0 Å². The highest BCUT2D eigenvalue weighted by molar-refractivity contribution is 7.45. The van der Waals surface area contributed by atoms with Gasteiger partial charge in [-0.2, -0.15) is 0 Å². The number of hydrogen-bond acceptors (Lipinski definition) is 6. The molecule has 0 aromatic rings. The average molecular weight is 941 g/mol. The van der Waals surface area contributed by atoms with Gasteiger partial charge in [-0.3, -0.25) is 9.36 Å². The molecule has 0 aromatic heterocycles. The minimum Gasteiger partial charge on any atom is -0.756 e. The molecule has 0 bridgehead atoms. The fourth-order valence-electron chi connectivity index (χ4n) is 7.10. The number of aliphatic hydroxyl groups is 1. The molecule has 1 amide bonds. The van der Waals surface area contributed by atoms with Crippen LogP contribution in [0, 0.1) is 0 Å². The van der Waals surface area contributed by atoms with Gasteiger partial charge in [-0.1, -0.05) is 214 Å². The lowest BCUT2D eigenvalue weighted by Crippen LogP contribution is -2.45. The number of likely N-dealkylation sites (N-methyl/N-ethyl adjacent to an activating group) is 1. The number of nitrogens with zero attached hydrogens (tertiary/aromatic N) is 1. The van der Waals surface area contributed by atoms with E-state index in [0.717, 1.165) is 57.8 Å². The van der Waals surface area contributed by atoms with Gasteiger partial charge in [0, 0.05) is 6.42 Å². The summed E-state index contributed by atoms with van der Waals surface area (Å²) in [4.78, 5) is 25.4. The Bertz CT molecular complexity index is 1390. The van der Waals surface area contributed by atoms with E-state index in [2.05, 4.69) is 104 Å². The van der Waals surface area contributed by atoms with Crippen LogP contribution in [-0.4, -0.2) is 68.5 Å². The standard InChI is InChI=1S/C57H101N2O6P/c1-6-8-10-12-14-16-18-20-22-24-25-26-27-28-29-30-31-32-33-35-36-38-40-42-44-46-48-50-56(60)55(54-65-66(62,63)64-53-52-59(3,4)5)58-57(61)51-49-47-45-43-41-39-37-34-23-21-19-17-15-13-11-9-7-2/h9,11,15,17,21,23,33,35,37,39-40,42-43,45,48,50,55-56,60H,6-8,10,12-14,16,18-20,22,24-32,34,36,38,41,44,46-47,49,51-54H2,1-5H3,(H-,58,61,62,63)/b11-9-,17-15-,23-21-,35-33+,39-37-,42-40+,45-43-,50-48+. The molecule has 0 fully saturated rings. The van der Waals surface area contributed by atoms with Gasteiger partial charge in [-0.05, 0) is 83.5 Å². The van der Waals surface area contributed by atoms with Crippen molar-refractivity contribution >= 4 is 13.7 Å². The highest BCUT2D eigenvalue weighted by Gasteiger charge is 2.23. The van der Waals surface area contributed by atoms with Crippen molar-refractivity contribution in [1.29, 1.82) is 0 Å². The van der Waals surface area contributed by atoms with Crippen molar-refractivity contribution in [2.75, 3.05) is 40.9 Å². The molecule has 0 radical (unpaired) electrons. The second-order valence-electron chi connectivity index (χ2n) is 18.8. The zero-order chi connectivity index (χ0) is 48.5. The highest BCUT2D eigenvalue weighted by atomic mass is 31.2. The molecule has 0 rings (SSSR count). The highest BCUT2D eigenvalue weighted by Crippen LogP contribution is 2.38. The summed E-state index contributed by atoms with van der Waals surface area (Å²) in [5.74, 6) is -0.271. The van der Waals surface area contributed by atoms with Gasteiger partial charge in [-0.15, -0.1) is 0 Å². The molecule has 3 atom stereocenters. The Morgan fingerprint density at radius 3 is 1.41 bits per heavy atom. The fraction of sp³-hybridized carbons (Fsp3) is 0.702. The molecule has 8 nitrogen and oxygen atoms in total. The molecule has 0 spiro atoms. The SMILES string of the molecule is CC/C=C\C/C=C\C/C=C\C/C=C\C/C=C\CCCC(=O)NC(COP(=O)([O-])OCC[N+](C)(C)C)C(O)/C=C/CC/C=C/CC/C=C/CCCCCCCCCCCCCCCCCCC. The Labute approximate surface area is 407 Å². The summed E-state index contributed by atoms with van der Waals surface area (Å²) in [6, 6.07) is -0.946. The van der Waals surface area contributed by atoms with Crippen LogP contribution in [0.25, 0.3) is 0 Å². The second-order valence-corrected chi connectivity index (χ2v) is 20.2. The summed E-state index contributed by atoms with van der Waals surface area (Å²) >= 11 is 0. The summed E-state index contributed by atoms with van der Waals surface area (Å²) in [6.07, 6.45) is 67.8. The van der Waals surface area contributed by atoms with E-state index in [1.54, 1.807) is 6.08 Å². The maximum absolute atomic E-state index is 12.9. The van der Waals surface area contributed by atoms with E-state index in [0.29, 0.717) is 23.9 Å². The Balaban J connectivity index is 4.41. The van der Waals surface area contributed by atoms with Crippen LogP contribution in [0.2, 0.25) is 0 Å². The molecule has 9 heteroatoms. The van der Waals surface area contributed by atoms with Gasteiger partial charge in [0.05, 0.1) is 39.9 Å². The molecule has 0 aliphatic carbocycles. The van der Waals surface area contributed by atoms with Crippen molar-refractivity contribution in [3.63, 3.8) is 0 Å². The number of rotatable bonds is 47. The molecule has 380 valence electrons. The first-order chi connectivity index (χ1) is 32.0. The molecular weight excluding hydrogens is 840 g/mol. The van der Waals surface area contributed by atoms with Crippen LogP contribution in [0.1, 0.15) is 206 Å². The lowest BCUT2D eigenvalue weighted by atomic mass is 10.0. The van der Waals surface area contributed by atoms with E-state index in [9.17, 15) is 19.4 Å². The van der Waals surface area contributed by atoms with Gasteiger partial charge >= 0.3 is 0 Å². The minimum absolute atomic E-state index is 0.0248. The van der Waals surface area contributed by atoms with Gasteiger partial charge < -0.3 is 28.8 Å². The second kappa shape index (κ2) is 47.5. The lowest BCUT2D eigenvalue weighted by molar-refractivity contribution is -0.870. The third kappa shape index (κ3) is 49.3. The maximum Gasteiger partial charge on any atom is 0.268 e. The summed E-state index contributed by atoms with van der Waals surface area (Å²) in [5, 5.41) is 13.8. The van der Waals surface area contributed by atoms with E-state index >= 15 is 0 Å². The van der Waals surface area contributed by atoms with Crippen LogP contribution in [0.3, 0.4) is 0 Å². The number of unbranched alkanes of at least 4 members (excludes halogenated alkanes) is 20. The van der Waals surface area contributed by atoms with E-state index in [-0.39, 0.29) is 18.9 Å². The molecule has 0 aliphatic heterocycles. The van der Waals surface area contributed by atoms with E-state index < -0.39 is 26.6 Å². The Kier molecular flexibility index (Phi) is 45.6. The predicted octanol–water partition coefficient (Wildman–Crippen LogP) is 15.2. The fourth-order valence-corrected chi connectivity index (χ4v) is 7.83. The number of quaternary nitrogens is 1.